The number of nitrogens with zero attached hydrogens (tertiary/aromatic N) is 1. The molecular formula is C24H30ClFN2O2S. The maximum atomic E-state index is 13.9. The van der Waals surface area contributed by atoms with Gasteiger partial charge in [0, 0.05) is 23.9 Å². The molecule has 1 atom stereocenters. The van der Waals surface area contributed by atoms with Gasteiger partial charge in [0.05, 0.1) is 5.75 Å². The zero-order valence-electron chi connectivity index (χ0n) is 18.2. The number of benzene rings is 2. The average molecular weight is 465 g/mol. The normalized spacial score (nSPS) is 11.9. The molecule has 0 aliphatic carbocycles. The van der Waals surface area contributed by atoms with Gasteiger partial charge in [-0.3, -0.25) is 9.59 Å². The molecule has 1 unspecified atom stereocenters. The van der Waals surface area contributed by atoms with E-state index in [0.717, 1.165) is 5.56 Å². The molecule has 0 saturated heterocycles. The van der Waals surface area contributed by atoms with E-state index in [9.17, 15) is 14.0 Å². The molecule has 0 aliphatic heterocycles. The second-order valence-electron chi connectivity index (χ2n) is 7.80. The molecule has 1 N–H and O–H groups in total. The van der Waals surface area contributed by atoms with Gasteiger partial charge in [0.2, 0.25) is 11.8 Å². The van der Waals surface area contributed by atoms with Crippen LogP contribution in [0.4, 0.5) is 4.39 Å². The van der Waals surface area contributed by atoms with Crippen molar-refractivity contribution < 1.29 is 14.0 Å². The van der Waals surface area contributed by atoms with Crippen LogP contribution in [-0.2, 0) is 21.9 Å². The lowest BCUT2D eigenvalue weighted by Crippen LogP contribution is -2.50. The van der Waals surface area contributed by atoms with Gasteiger partial charge in [-0.25, -0.2) is 4.39 Å². The van der Waals surface area contributed by atoms with Crippen LogP contribution in [0, 0.1) is 11.7 Å². The summed E-state index contributed by atoms with van der Waals surface area (Å²) in [5.41, 5.74) is 1.46. The van der Waals surface area contributed by atoms with Crippen molar-refractivity contribution in [2.75, 3.05) is 12.3 Å². The smallest absolute Gasteiger partial charge is 0.242 e. The van der Waals surface area contributed by atoms with Crippen LogP contribution in [-0.4, -0.2) is 35.1 Å². The molecule has 0 spiro atoms. The van der Waals surface area contributed by atoms with Crippen LogP contribution in [0.2, 0.25) is 5.02 Å². The van der Waals surface area contributed by atoms with E-state index < -0.39 is 6.04 Å². The Labute approximate surface area is 193 Å². The van der Waals surface area contributed by atoms with Crippen molar-refractivity contribution in [2.45, 2.75) is 45.5 Å². The van der Waals surface area contributed by atoms with E-state index in [2.05, 4.69) is 5.32 Å². The average Bonchev–Trinajstić information content (AvgIpc) is 2.74. The van der Waals surface area contributed by atoms with Crippen LogP contribution >= 0.6 is 23.4 Å². The van der Waals surface area contributed by atoms with Crippen LogP contribution in [0.3, 0.4) is 0 Å². The number of rotatable bonds is 11. The van der Waals surface area contributed by atoms with Gasteiger partial charge >= 0.3 is 0 Å². The number of carbonyl (C=O) groups excluding carboxylic acids is 2. The van der Waals surface area contributed by atoms with E-state index in [-0.39, 0.29) is 23.4 Å². The topological polar surface area (TPSA) is 49.4 Å². The minimum atomic E-state index is -0.573. The maximum Gasteiger partial charge on any atom is 0.242 e. The lowest BCUT2D eigenvalue weighted by molar-refractivity contribution is -0.139. The van der Waals surface area contributed by atoms with Gasteiger partial charge < -0.3 is 10.2 Å². The third-order valence-electron chi connectivity index (χ3n) is 4.78. The fraction of sp³-hybridized carbons (Fsp3) is 0.417. The Bertz CT molecular complexity index is 861. The molecule has 0 radical (unpaired) electrons. The van der Waals surface area contributed by atoms with Crippen molar-refractivity contribution >= 4 is 35.2 Å². The molecule has 0 bridgehead atoms. The summed E-state index contributed by atoms with van der Waals surface area (Å²) in [4.78, 5) is 27.6. The Morgan fingerprint density at radius 1 is 1.13 bits per heavy atom. The lowest BCUT2D eigenvalue weighted by atomic mass is 10.1. The Morgan fingerprint density at radius 3 is 2.42 bits per heavy atom. The fourth-order valence-electron chi connectivity index (χ4n) is 3.08. The molecule has 2 amide bonds. The number of nitrogens with one attached hydrogen (secondary N) is 1. The van der Waals surface area contributed by atoms with Crippen molar-refractivity contribution in [1.82, 2.24) is 10.2 Å². The van der Waals surface area contributed by atoms with E-state index in [1.54, 1.807) is 35.2 Å². The number of halogens is 2. The van der Waals surface area contributed by atoms with E-state index in [1.807, 2.05) is 32.9 Å². The summed E-state index contributed by atoms with van der Waals surface area (Å²) < 4.78 is 13.9. The molecule has 2 aromatic carbocycles. The second-order valence-corrected chi connectivity index (χ2v) is 9.22. The van der Waals surface area contributed by atoms with Crippen molar-refractivity contribution in [3.63, 3.8) is 0 Å². The molecule has 2 rings (SSSR count). The largest absolute Gasteiger partial charge is 0.354 e. The summed E-state index contributed by atoms with van der Waals surface area (Å²) in [5.74, 6) is 0.290. The highest BCUT2D eigenvalue weighted by Crippen LogP contribution is 2.19. The zero-order chi connectivity index (χ0) is 22.8. The predicted molar refractivity (Wildman–Crippen MR) is 126 cm³/mol. The summed E-state index contributed by atoms with van der Waals surface area (Å²) in [6.45, 7) is 6.81. The van der Waals surface area contributed by atoms with Crippen LogP contribution in [0.1, 0.15) is 38.3 Å². The Hall–Kier alpha value is -2.05. The number of amides is 2. The maximum absolute atomic E-state index is 13.9. The van der Waals surface area contributed by atoms with E-state index in [1.165, 1.54) is 17.8 Å². The number of hydrogen-bond acceptors (Lipinski definition) is 3. The molecule has 7 heteroatoms. The monoisotopic (exact) mass is 464 g/mol. The SMILES string of the molecule is CCC(C(=O)NCC(C)C)N(Cc1ccc(Cl)cc1)C(=O)CSCc1ccccc1F. The van der Waals surface area contributed by atoms with Crippen LogP contribution in [0.25, 0.3) is 0 Å². The predicted octanol–water partition coefficient (Wildman–Crippen LogP) is 5.29. The van der Waals surface area contributed by atoms with E-state index >= 15 is 0 Å². The summed E-state index contributed by atoms with van der Waals surface area (Å²) in [6.07, 6.45) is 0.501. The third-order valence-corrected chi connectivity index (χ3v) is 6.00. The number of hydrogen-bond donors (Lipinski definition) is 1. The minimum Gasteiger partial charge on any atom is -0.354 e. The standard InChI is InChI=1S/C24H30ClFN2O2S/c1-4-22(24(30)27-13-17(2)3)28(14-18-9-11-20(25)12-10-18)23(29)16-31-15-19-7-5-6-8-21(19)26/h5-12,17,22H,4,13-16H2,1-3H3,(H,27,30). The summed E-state index contributed by atoms with van der Waals surface area (Å²) in [6, 6.07) is 13.2. The molecule has 0 aromatic heterocycles. The minimum absolute atomic E-state index is 0.150. The Balaban J connectivity index is 2.12. The highest BCUT2D eigenvalue weighted by molar-refractivity contribution is 7.99. The molecular weight excluding hydrogens is 435 g/mol. The van der Waals surface area contributed by atoms with Crippen LogP contribution in [0.15, 0.2) is 48.5 Å². The summed E-state index contributed by atoms with van der Waals surface area (Å²) in [7, 11) is 0. The van der Waals surface area contributed by atoms with Gasteiger partial charge in [0.15, 0.2) is 0 Å². The Morgan fingerprint density at radius 2 is 1.81 bits per heavy atom. The van der Waals surface area contributed by atoms with Crippen LogP contribution in [0.5, 0.6) is 0 Å². The molecule has 168 valence electrons. The molecule has 2 aromatic rings. The number of thioether (sulfide) groups is 1. The molecule has 0 aliphatic rings. The van der Waals surface area contributed by atoms with Gasteiger partial charge in [-0.05, 0) is 41.7 Å². The van der Waals surface area contributed by atoms with E-state index in [0.29, 0.717) is 41.8 Å². The molecule has 0 fully saturated rings. The third kappa shape index (κ3) is 8.19. The highest BCUT2D eigenvalue weighted by atomic mass is 35.5. The highest BCUT2D eigenvalue weighted by Gasteiger charge is 2.28. The molecule has 4 nitrogen and oxygen atoms in total. The first-order valence-electron chi connectivity index (χ1n) is 10.4. The van der Waals surface area contributed by atoms with Crippen LogP contribution < -0.4 is 5.32 Å². The fourth-order valence-corrected chi connectivity index (χ4v) is 4.10. The van der Waals surface area contributed by atoms with Gasteiger partial charge in [-0.1, -0.05) is 62.7 Å². The van der Waals surface area contributed by atoms with Crippen molar-refractivity contribution in [1.29, 1.82) is 0 Å². The molecule has 0 saturated carbocycles. The second kappa shape index (κ2) is 12.7. The Kier molecular flexibility index (Phi) is 10.3. The van der Waals surface area contributed by atoms with Gasteiger partial charge in [0.25, 0.3) is 0 Å². The summed E-state index contributed by atoms with van der Waals surface area (Å²) >= 11 is 7.33. The first kappa shape index (κ1) is 25.2. The van der Waals surface area contributed by atoms with E-state index in [4.69, 9.17) is 11.6 Å². The van der Waals surface area contributed by atoms with Gasteiger partial charge in [-0.15, -0.1) is 11.8 Å². The molecule has 0 heterocycles. The van der Waals surface area contributed by atoms with Gasteiger partial charge in [0.1, 0.15) is 11.9 Å². The van der Waals surface area contributed by atoms with Crippen molar-refractivity contribution in [3.8, 4) is 0 Å². The zero-order valence-corrected chi connectivity index (χ0v) is 19.8. The quantitative estimate of drug-likeness (QED) is 0.491. The number of carbonyl (C=O) groups is 2. The lowest BCUT2D eigenvalue weighted by Gasteiger charge is -2.31. The van der Waals surface area contributed by atoms with Gasteiger partial charge in [-0.2, -0.15) is 0 Å². The van der Waals surface area contributed by atoms with Crippen molar-refractivity contribution in [3.05, 3.63) is 70.5 Å². The summed E-state index contributed by atoms with van der Waals surface area (Å²) in [5, 5.41) is 3.56. The first-order valence-corrected chi connectivity index (χ1v) is 12.0. The first-order chi connectivity index (χ1) is 14.8. The van der Waals surface area contributed by atoms with Crippen molar-refractivity contribution in [2.24, 2.45) is 5.92 Å². The molecule has 31 heavy (non-hydrogen) atoms.